The molecule has 0 bridgehead atoms. The van der Waals surface area contributed by atoms with E-state index in [1.54, 1.807) is 0 Å². The van der Waals surface area contributed by atoms with Gasteiger partial charge in [0.1, 0.15) is 0 Å². The number of hydrogen-bond donors (Lipinski definition) is 1. The van der Waals surface area contributed by atoms with Crippen molar-refractivity contribution >= 4 is 34.9 Å². The number of hydrogen-bond acceptors (Lipinski definition) is 1. The number of aryl methyl sites for hydroxylation is 1. The van der Waals surface area contributed by atoms with E-state index in [4.69, 9.17) is 17.3 Å². The maximum atomic E-state index is 6.10. The first-order chi connectivity index (χ1) is 9.22. The van der Waals surface area contributed by atoms with Gasteiger partial charge in [0.15, 0.2) is 0 Å². The van der Waals surface area contributed by atoms with Crippen molar-refractivity contribution in [3.8, 4) is 5.69 Å². The van der Waals surface area contributed by atoms with Crippen molar-refractivity contribution in [2.75, 3.05) is 0 Å². The van der Waals surface area contributed by atoms with E-state index in [0.717, 1.165) is 27.3 Å². The van der Waals surface area contributed by atoms with Crippen molar-refractivity contribution in [2.24, 2.45) is 5.73 Å². The summed E-state index contributed by atoms with van der Waals surface area (Å²) in [5.74, 6) is 0. The lowest BCUT2D eigenvalue weighted by molar-refractivity contribution is 0.919. The van der Waals surface area contributed by atoms with Gasteiger partial charge in [-0.25, -0.2) is 0 Å². The summed E-state index contributed by atoms with van der Waals surface area (Å²) in [4.78, 5) is 0. The smallest absolute Gasteiger partial charge is 0.0535 e. The molecule has 1 aromatic heterocycles. The molecule has 20 heavy (non-hydrogen) atoms. The van der Waals surface area contributed by atoms with E-state index in [1.165, 1.54) is 5.56 Å². The second-order valence-electron chi connectivity index (χ2n) is 4.61. The number of benzene rings is 2. The van der Waals surface area contributed by atoms with Crippen molar-refractivity contribution in [1.29, 1.82) is 0 Å². The van der Waals surface area contributed by atoms with Crippen molar-refractivity contribution < 1.29 is 0 Å². The molecule has 4 heteroatoms. The zero-order valence-electron chi connectivity index (χ0n) is 11.1. The zero-order valence-corrected chi connectivity index (χ0v) is 12.7. The average Bonchev–Trinajstić information content (AvgIpc) is 2.72. The summed E-state index contributed by atoms with van der Waals surface area (Å²) in [6.45, 7) is 2.60. The molecule has 0 radical (unpaired) electrons. The molecule has 0 amide bonds. The quantitative estimate of drug-likeness (QED) is 0.744. The Morgan fingerprint density at radius 3 is 2.45 bits per heavy atom. The highest BCUT2D eigenvalue weighted by atomic mass is 35.5. The summed E-state index contributed by atoms with van der Waals surface area (Å²) in [5.41, 5.74) is 10.5. The lowest BCUT2D eigenvalue weighted by Gasteiger charge is -2.10. The van der Waals surface area contributed by atoms with Crippen LogP contribution in [-0.2, 0) is 6.54 Å². The van der Waals surface area contributed by atoms with E-state index in [1.807, 2.05) is 30.3 Å². The predicted molar refractivity (Wildman–Crippen MR) is 88.2 cm³/mol. The molecule has 3 rings (SSSR count). The van der Waals surface area contributed by atoms with Crippen LogP contribution < -0.4 is 5.73 Å². The summed E-state index contributed by atoms with van der Waals surface area (Å²) < 4.78 is 2.21. The largest absolute Gasteiger partial charge is 0.325 e. The van der Waals surface area contributed by atoms with Gasteiger partial charge in [-0.3, -0.25) is 0 Å². The highest BCUT2D eigenvalue weighted by Gasteiger charge is 2.14. The Labute approximate surface area is 129 Å². The Kier molecular flexibility index (Phi) is 4.39. The third-order valence-corrected chi connectivity index (χ3v) is 3.75. The second kappa shape index (κ2) is 5.88. The molecule has 0 aliphatic heterocycles. The molecule has 3 aromatic rings. The third-order valence-electron chi connectivity index (χ3n) is 3.51. The molecule has 1 heterocycles. The number of nitrogens with two attached hydrogens (primary N) is 1. The number of aromatic nitrogens is 1. The van der Waals surface area contributed by atoms with Crippen LogP contribution in [0.4, 0.5) is 0 Å². The van der Waals surface area contributed by atoms with Crippen LogP contribution in [0, 0.1) is 6.92 Å². The van der Waals surface area contributed by atoms with Crippen LogP contribution in [0.2, 0.25) is 5.02 Å². The van der Waals surface area contributed by atoms with Crippen LogP contribution in [0.15, 0.2) is 48.5 Å². The highest BCUT2D eigenvalue weighted by Crippen LogP contribution is 2.30. The van der Waals surface area contributed by atoms with Gasteiger partial charge in [-0.15, -0.1) is 12.4 Å². The fourth-order valence-electron chi connectivity index (χ4n) is 2.59. The van der Waals surface area contributed by atoms with E-state index in [9.17, 15) is 0 Å². The van der Waals surface area contributed by atoms with Gasteiger partial charge in [-0.2, -0.15) is 0 Å². The minimum atomic E-state index is 0. The molecule has 0 aliphatic carbocycles. The van der Waals surface area contributed by atoms with Crippen LogP contribution >= 0.6 is 24.0 Å². The van der Waals surface area contributed by atoms with Crippen LogP contribution in [0.5, 0.6) is 0 Å². The van der Waals surface area contributed by atoms with E-state index >= 15 is 0 Å². The van der Waals surface area contributed by atoms with Gasteiger partial charge >= 0.3 is 0 Å². The molecule has 0 atom stereocenters. The van der Waals surface area contributed by atoms with E-state index in [2.05, 4.69) is 29.7 Å². The minimum absolute atomic E-state index is 0. The van der Waals surface area contributed by atoms with Crippen LogP contribution in [0.25, 0.3) is 16.6 Å². The maximum Gasteiger partial charge on any atom is 0.0535 e. The number of rotatable bonds is 2. The lowest BCUT2D eigenvalue weighted by Crippen LogP contribution is -2.06. The molecule has 0 saturated carbocycles. The maximum absolute atomic E-state index is 6.10. The molecule has 0 unspecified atom stereocenters. The molecule has 0 fully saturated rings. The fraction of sp³-hybridized carbons (Fsp3) is 0.125. The third kappa shape index (κ3) is 2.31. The van der Waals surface area contributed by atoms with Crippen molar-refractivity contribution in [3.63, 3.8) is 0 Å². The summed E-state index contributed by atoms with van der Waals surface area (Å²) >= 11 is 6.10. The molecule has 104 valence electrons. The zero-order chi connectivity index (χ0) is 13.4. The Balaban J connectivity index is 0.00000147. The Hall–Kier alpha value is -1.48. The predicted octanol–water partition coefficient (Wildman–Crippen LogP) is 4.47. The molecule has 2 nitrogen and oxygen atoms in total. The fourth-order valence-corrected chi connectivity index (χ4v) is 2.76. The van der Waals surface area contributed by atoms with Crippen LogP contribution in [-0.4, -0.2) is 4.57 Å². The first-order valence-corrected chi connectivity index (χ1v) is 6.65. The summed E-state index contributed by atoms with van der Waals surface area (Å²) in [5, 5.41) is 1.92. The normalized spacial score (nSPS) is 10.6. The summed E-state index contributed by atoms with van der Waals surface area (Å²) in [7, 11) is 0. The molecule has 0 aliphatic rings. The Morgan fingerprint density at radius 1 is 1.10 bits per heavy atom. The molecule has 2 aromatic carbocycles. The number of fused-ring (bicyclic) bond motifs is 1. The molecule has 0 saturated heterocycles. The SMILES string of the molecule is Cc1c(CN)n(-c2ccccc2)c2ccc(Cl)cc12.Cl. The number of para-hydroxylation sites is 1. The van der Waals surface area contributed by atoms with Crippen LogP contribution in [0.1, 0.15) is 11.3 Å². The number of nitrogens with zero attached hydrogens (tertiary/aromatic N) is 1. The van der Waals surface area contributed by atoms with E-state index in [-0.39, 0.29) is 12.4 Å². The van der Waals surface area contributed by atoms with Gasteiger partial charge in [-0.05, 0) is 42.8 Å². The first kappa shape index (κ1) is 14.9. The van der Waals surface area contributed by atoms with Crippen LogP contribution in [0.3, 0.4) is 0 Å². The van der Waals surface area contributed by atoms with Gasteiger partial charge in [0.05, 0.1) is 5.52 Å². The van der Waals surface area contributed by atoms with Crippen molar-refractivity contribution in [2.45, 2.75) is 13.5 Å². The van der Waals surface area contributed by atoms with Crippen molar-refractivity contribution in [3.05, 3.63) is 64.8 Å². The van der Waals surface area contributed by atoms with E-state index in [0.29, 0.717) is 6.54 Å². The second-order valence-corrected chi connectivity index (χ2v) is 5.04. The minimum Gasteiger partial charge on any atom is -0.325 e. The molecular formula is C16H16Cl2N2. The summed E-state index contributed by atoms with van der Waals surface area (Å²) in [6, 6.07) is 16.2. The standard InChI is InChI=1S/C16H15ClN2.ClH/c1-11-14-9-12(17)7-8-15(14)19(16(11)10-18)13-5-3-2-4-6-13;/h2-9H,10,18H2,1H3;1H. The molecule has 0 spiro atoms. The van der Waals surface area contributed by atoms with Crippen molar-refractivity contribution in [1.82, 2.24) is 4.57 Å². The Bertz CT molecular complexity index is 733. The molecular weight excluding hydrogens is 291 g/mol. The summed E-state index contributed by atoms with van der Waals surface area (Å²) in [6.07, 6.45) is 0. The average molecular weight is 307 g/mol. The topological polar surface area (TPSA) is 30.9 Å². The number of halogens is 2. The van der Waals surface area contributed by atoms with Gasteiger partial charge in [0.2, 0.25) is 0 Å². The van der Waals surface area contributed by atoms with Gasteiger partial charge < -0.3 is 10.3 Å². The van der Waals surface area contributed by atoms with Gasteiger partial charge in [0, 0.05) is 28.3 Å². The van der Waals surface area contributed by atoms with E-state index < -0.39 is 0 Å². The Morgan fingerprint density at radius 2 is 1.80 bits per heavy atom. The lowest BCUT2D eigenvalue weighted by atomic mass is 10.1. The first-order valence-electron chi connectivity index (χ1n) is 6.27. The van der Waals surface area contributed by atoms with Gasteiger partial charge in [0.25, 0.3) is 0 Å². The van der Waals surface area contributed by atoms with Gasteiger partial charge in [-0.1, -0.05) is 29.8 Å². The monoisotopic (exact) mass is 306 g/mol. The highest BCUT2D eigenvalue weighted by molar-refractivity contribution is 6.31. The molecule has 2 N–H and O–H groups in total.